The number of hydrogen-bond acceptors (Lipinski definition) is 7. The number of H-pyrrole nitrogens is 2. The van der Waals surface area contributed by atoms with Crippen LogP contribution in [0, 0.1) is 5.92 Å². The van der Waals surface area contributed by atoms with E-state index in [1.54, 1.807) is 0 Å². The van der Waals surface area contributed by atoms with E-state index in [1.165, 1.54) is 38.6 Å². The van der Waals surface area contributed by atoms with E-state index >= 15 is 0 Å². The molecule has 4 heterocycles. The quantitative estimate of drug-likeness (QED) is 0.301. The van der Waals surface area contributed by atoms with Crippen LogP contribution < -0.4 is 10.4 Å². The van der Waals surface area contributed by atoms with Gasteiger partial charge < -0.3 is 14.6 Å². The molecule has 10 nitrogen and oxygen atoms in total. The van der Waals surface area contributed by atoms with E-state index in [2.05, 4.69) is 40.1 Å². The number of unbranched alkanes of at least 4 members (excludes halogenated alkanes) is 1. The van der Waals surface area contributed by atoms with Gasteiger partial charge in [-0.3, -0.25) is 4.98 Å². The predicted octanol–water partition coefficient (Wildman–Crippen LogP) is 4.43. The van der Waals surface area contributed by atoms with Gasteiger partial charge in [0, 0.05) is 31.4 Å². The van der Waals surface area contributed by atoms with Crippen LogP contribution in [-0.4, -0.2) is 66.3 Å². The summed E-state index contributed by atoms with van der Waals surface area (Å²) in [5.41, 5.74) is 1.84. The Morgan fingerprint density at radius 1 is 1.00 bits per heavy atom. The summed E-state index contributed by atoms with van der Waals surface area (Å²) in [6.07, 6.45) is 12.1. The lowest BCUT2D eigenvalue weighted by Crippen LogP contribution is -2.38. The van der Waals surface area contributed by atoms with E-state index in [-0.39, 0.29) is 18.1 Å². The highest BCUT2D eigenvalue weighted by molar-refractivity contribution is 5.90. The number of fused-ring (bicyclic) bond motifs is 2. The Morgan fingerprint density at radius 2 is 1.84 bits per heavy atom. The molecule has 6 rings (SSSR count). The van der Waals surface area contributed by atoms with Crippen LogP contribution in [0.4, 0.5) is 0 Å². The van der Waals surface area contributed by atoms with E-state index in [9.17, 15) is 4.79 Å². The van der Waals surface area contributed by atoms with Crippen molar-refractivity contribution >= 4 is 34.5 Å². The first-order valence-corrected chi connectivity index (χ1v) is 13.9. The van der Waals surface area contributed by atoms with Crippen LogP contribution in [0.3, 0.4) is 0 Å². The number of halogens is 1. The summed E-state index contributed by atoms with van der Waals surface area (Å²) < 4.78 is 8.08. The number of aromatic nitrogens is 7. The highest BCUT2D eigenvalue weighted by atomic mass is 35.5. The Bertz CT molecular complexity index is 1380. The molecule has 2 N–H and O–H groups in total. The lowest BCUT2D eigenvalue weighted by molar-refractivity contribution is 0.142. The summed E-state index contributed by atoms with van der Waals surface area (Å²) in [7, 11) is 0. The van der Waals surface area contributed by atoms with Crippen LogP contribution in [0.1, 0.15) is 69.7 Å². The van der Waals surface area contributed by atoms with E-state index in [1.807, 2.05) is 24.3 Å². The molecule has 0 spiro atoms. The summed E-state index contributed by atoms with van der Waals surface area (Å²) >= 11 is 0. The number of nitrogens with one attached hydrogen (secondary N) is 2. The normalized spacial score (nSPS) is 17.7. The molecule has 2 aliphatic rings. The number of aryl methyl sites for hydroxylation is 1. The van der Waals surface area contributed by atoms with Gasteiger partial charge in [0.15, 0.2) is 11.5 Å². The minimum Gasteiger partial charge on any atom is -0.494 e. The fraction of sp³-hybridized carbons (Fsp3) is 0.593. The number of pyridine rings is 1. The van der Waals surface area contributed by atoms with Gasteiger partial charge in [0.1, 0.15) is 5.75 Å². The minimum absolute atomic E-state index is 0. The first-order chi connectivity index (χ1) is 18.2. The number of benzene rings is 1. The maximum Gasteiger partial charge on any atom is 0.325 e. The predicted molar refractivity (Wildman–Crippen MR) is 149 cm³/mol. The number of hydrogen-bond donors (Lipinski definition) is 2. The molecule has 3 aromatic heterocycles. The third-order valence-corrected chi connectivity index (χ3v) is 8.03. The molecule has 1 saturated carbocycles. The zero-order valence-corrected chi connectivity index (χ0v) is 22.6. The number of tetrazole rings is 1. The molecule has 4 aromatic rings. The average Bonchev–Trinajstić information content (AvgIpc) is 3.53. The summed E-state index contributed by atoms with van der Waals surface area (Å²) in [5.74, 6) is 2.70. The van der Waals surface area contributed by atoms with E-state index in [0.29, 0.717) is 23.8 Å². The van der Waals surface area contributed by atoms with Crippen molar-refractivity contribution in [3.05, 3.63) is 40.6 Å². The zero-order valence-electron chi connectivity index (χ0n) is 21.8. The number of likely N-dealkylation sites (tertiary alicyclic amines) is 1. The highest BCUT2D eigenvalue weighted by Crippen LogP contribution is 2.28. The van der Waals surface area contributed by atoms with Crippen molar-refractivity contribution in [1.82, 2.24) is 40.1 Å². The number of piperidine rings is 1. The van der Waals surface area contributed by atoms with Gasteiger partial charge in [0.25, 0.3) is 0 Å². The highest BCUT2D eigenvalue weighted by Gasteiger charge is 2.25. The van der Waals surface area contributed by atoms with Gasteiger partial charge in [-0.15, -0.1) is 17.5 Å². The van der Waals surface area contributed by atoms with Crippen molar-refractivity contribution in [2.75, 3.05) is 26.2 Å². The van der Waals surface area contributed by atoms with Gasteiger partial charge in [-0.1, -0.05) is 19.3 Å². The second-order valence-electron chi connectivity index (χ2n) is 10.7. The maximum atomic E-state index is 11.5. The Hall–Kier alpha value is -2.98. The topological polar surface area (TPSA) is 118 Å². The lowest BCUT2D eigenvalue weighted by Gasteiger charge is -2.35. The van der Waals surface area contributed by atoms with Crippen molar-refractivity contribution < 1.29 is 4.74 Å². The SMILES string of the molecule is Cl.O=c1[nH]c2cc3cc(OCCCCc4nnnn4C4CCN(CC5CCCCC5)CC4)ccc3nc2[nH]1. The molecule has 204 valence electrons. The van der Waals surface area contributed by atoms with Crippen LogP contribution in [0.5, 0.6) is 5.75 Å². The number of imidazole rings is 1. The molecule has 0 radical (unpaired) electrons. The van der Waals surface area contributed by atoms with Crippen molar-refractivity contribution in [2.45, 2.75) is 70.3 Å². The van der Waals surface area contributed by atoms with Crippen LogP contribution in [0.15, 0.2) is 29.1 Å². The van der Waals surface area contributed by atoms with Crippen molar-refractivity contribution in [1.29, 1.82) is 0 Å². The molecular weight excluding hydrogens is 504 g/mol. The number of ether oxygens (including phenoxy) is 1. The molecule has 1 aliphatic carbocycles. The Kier molecular flexibility index (Phi) is 8.58. The average molecular weight is 541 g/mol. The second kappa shape index (κ2) is 12.3. The summed E-state index contributed by atoms with van der Waals surface area (Å²) in [6.45, 7) is 4.21. The third-order valence-electron chi connectivity index (χ3n) is 8.03. The first-order valence-electron chi connectivity index (χ1n) is 13.9. The third kappa shape index (κ3) is 6.18. The number of nitrogens with zero attached hydrogens (tertiary/aromatic N) is 6. The monoisotopic (exact) mass is 540 g/mol. The summed E-state index contributed by atoms with van der Waals surface area (Å²) in [6, 6.07) is 8.14. The van der Waals surface area contributed by atoms with Gasteiger partial charge in [0.2, 0.25) is 0 Å². The number of aromatic amines is 2. The first kappa shape index (κ1) is 26.6. The van der Waals surface area contributed by atoms with Crippen LogP contribution >= 0.6 is 12.4 Å². The molecule has 1 aromatic carbocycles. The van der Waals surface area contributed by atoms with Crippen LogP contribution in [0.25, 0.3) is 22.1 Å². The number of rotatable bonds is 9. The van der Waals surface area contributed by atoms with Gasteiger partial charge in [0.05, 0.1) is 23.7 Å². The fourth-order valence-corrected chi connectivity index (χ4v) is 6.01. The van der Waals surface area contributed by atoms with E-state index in [0.717, 1.165) is 73.6 Å². The van der Waals surface area contributed by atoms with E-state index in [4.69, 9.17) is 4.74 Å². The van der Waals surface area contributed by atoms with Crippen molar-refractivity contribution in [3.63, 3.8) is 0 Å². The lowest BCUT2D eigenvalue weighted by atomic mass is 9.88. The molecule has 0 bridgehead atoms. The molecule has 2 fully saturated rings. The molecule has 0 unspecified atom stereocenters. The largest absolute Gasteiger partial charge is 0.494 e. The fourth-order valence-electron chi connectivity index (χ4n) is 6.01. The summed E-state index contributed by atoms with van der Waals surface area (Å²) in [4.78, 5) is 24.1. The molecule has 38 heavy (non-hydrogen) atoms. The minimum atomic E-state index is -0.250. The zero-order chi connectivity index (χ0) is 25.0. The Labute approximate surface area is 227 Å². The van der Waals surface area contributed by atoms with E-state index < -0.39 is 0 Å². The summed E-state index contributed by atoms with van der Waals surface area (Å²) in [5, 5.41) is 13.6. The molecule has 1 aliphatic heterocycles. The van der Waals surface area contributed by atoms with Gasteiger partial charge in [-0.05, 0) is 79.1 Å². The molecule has 0 amide bonds. The molecule has 1 saturated heterocycles. The van der Waals surface area contributed by atoms with Gasteiger partial charge >= 0.3 is 5.69 Å². The Balaban J connectivity index is 0.00000294. The maximum absolute atomic E-state index is 11.5. The smallest absolute Gasteiger partial charge is 0.325 e. The standard InChI is InChI=1S/C27H36N8O2.ClH/c36-27-29-24-17-20-16-22(9-10-23(20)28-26(24)30-27)37-15-5-4-8-25-31-32-33-35(25)21-11-13-34(14-12-21)18-19-6-2-1-3-7-19;/h9-10,16-17,19,21H,1-8,11-15,18H2,(H2,28,29,30,36);1H. The van der Waals surface area contributed by atoms with Gasteiger partial charge in [-0.25, -0.2) is 14.5 Å². The van der Waals surface area contributed by atoms with Crippen molar-refractivity contribution in [2.24, 2.45) is 5.92 Å². The molecular formula is C27H37ClN8O2. The second-order valence-corrected chi connectivity index (χ2v) is 10.7. The van der Waals surface area contributed by atoms with Crippen LogP contribution in [-0.2, 0) is 6.42 Å². The van der Waals surface area contributed by atoms with Crippen LogP contribution in [0.2, 0.25) is 0 Å². The molecule has 0 atom stereocenters. The van der Waals surface area contributed by atoms with Crippen molar-refractivity contribution in [3.8, 4) is 5.75 Å². The molecule has 11 heteroatoms. The van der Waals surface area contributed by atoms with Gasteiger partial charge in [-0.2, -0.15) is 0 Å². The Morgan fingerprint density at radius 3 is 2.68 bits per heavy atom.